The van der Waals surface area contributed by atoms with Crippen molar-refractivity contribution in [2.24, 2.45) is 5.41 Å². The van der Waals surface area contributed by atoms with Crippen molar-refractivity contribution in [3.05, 3.63) is 87.3 Å². The summed E-state index contributed by atoms with van der Waals surface area (Å²) in [5, 5.41) is 2.54. The molecule has 2 aromatic carbocycles. The average Bonchev–Trinajstić information content (AvgIpc) is 2.82. The van der Waals surface area contributed by atoms with E-state index in [9.17, 15) is 36.0 Å². The Kier molecular flexibility index (Phi) is 8.63. The number of amides is 1. The number of nitrogens with zero attached hydrogens (tertiary/aromatic N) is 1. The van der Waals surface area contributed by atoms with Crippen LogP contribution in [0.4, 0.5) is 13.2 Å². The van der Waals surface area contributed by atoms with E-state index >= 15 is 0 Å². The fourth-order valence-electron chi connectivity index (χ4n) is 3.80. The van der Waals surface area contributed by atoms with Gasteiger partial charge in [0.1, 0.15) is 5.56 Å². The summed E-state index contributed by atoms with van der Waals surface area (Å²) in [7, 11) is -3.42. The summed E-state index contributed by atoms with van der Waals surface area (Å²) in [4.78, 5) is 39.2. The van der Waals surface area contributed by atoms with E-state index in [1.54, 1.807) is 0 Å². The molecule has 40 heavy (non-hydrogen) atoms. The number of hydrogen-bond acceptors (Lipinski definition) is 6. The van der Waals surface area contributed by atoms with Gasteiger partial charge < -0.3 is 10.1 Å². The smallest absolute Gasteiger partial charge is 0.416 e. The monoisotopic (exact) mass is 578 g/mol. The Hall–Kier alpha value is -3.93. The van der Waals surface area contributed by atoms with Crippen LogP contribution >= 0.6 is 0 Å². The van der Waals surface area contributed by atoms with Crippen LogP contribution in [0.25, 0.3) is 5.69 Å². The van der Waals surface area contributed by atoms with Gasteiger partial charge in [0.15, 0.2) is 15.6 Å². The van der Waals surface area contributed by atoms with Crippen LogP contribution in [0.15, 0.2) is 64.3 Å². The van der Waals surface area contributed by atoms with Crippen molar-refractivity contribution in [3.8, 4) is 11.4 Å². The highest BCUT2D eigenvalue weighted by Gasteiger charge is 2.31. The van der Waals surface area contributed by atoms with Crippen molar-refractivity contribution in [1.82, 2.24) is 9.88 Å². The van der Waals surface area contributed by atoms with Gasteiger partial charge in [0.2, 0.25) is 0 Å². The molecule has 3 aromatic rings. The first kappa shape index (κ1) is 30.6. The lowest BCUT2D eigenvalue weighted by Gasteiger charge is -2.20. The van der Waals surface area contributed by atoms with E-state index in [1.165, 1.54) is 37.3 Å². The Morgan fingerprint density at radius 2 is 1.62 bits per heavy atom. The molecule has 0 unspecified atom stereocenters. The zero-order valence-corrected chi connectivity index (χ0v) is 23.4. The number of carbonyl (C=O) groups excluding carboxylic acids is 2. The van der Waals surface area contributed by atoms with Gasteiger partial charge in [-0.3, -0.25) is 19.0 Å². The third kappa shape index (κ3) is 7.59. The molecule has 1 heterocycles. The summed E-state index contributed by atoms with van der Waals surface area (Å²) in [6.45, 7) is 6.75. The van der Waals surface area contributed by atoms with Crippen LogP contribution in [0, 0.1) is 12.3 Å². The molecule has 1 N–H and O–H groups in total. The predicted molar refractivity (Wildman–Crippen MR) is 142 cm³/mol. The molecule has 0 atom stereocenters. The largest absolute Gasteiger partial charge is 0.425 e. The molecule has 0 fully saturated rings. The number of esters is 1. The number of halogens is 3. The number of benzene rings is 2. The van der Waals surface area contributed by atoms with E-state index in [4.69, 9.17) is 4.74 Å². The number of hydrogen-bond donors (Lipinski definition) is 1. The van der Waals surface area contributed by atoms with E-state index in [0.29, 0.717) is 5.56 Å². The van der Waals surface area contributed by atoms with Gasteiger partial charge in [-0.1, -0.05) is 39.0 Å². The van der Waals surface area contributed by atoms with Gasteiger partial charge in [-0.05, 0) is 48.2 Å². The summed E-state index contributed by atoms with van der Waals surface area (Å²) in [5.74, 6) is -1.68. The van der Waals surface area contributed by atoms with Crippen LogP contribution in [0.1, 0.15) is 54.4 Å². The first-order valence-electron chi connectivity index (χ1n) is 12.1. The van der Waals surface area contributed by atoms with E-state index in [2.05, 4.69) is 5.32 Å². The topological polar surface area (TPSA) is 112 Å². The van der Waals surface area contributed by atoms with Crippen molar-refractivity contribution < 1.29 is 35.9 Å². The van der Waals surface area contributed by atoms with Crippen LogP contribution in [0.2, 0.25) is 0 Å². The second kappa shape index (κ2) is 11.3. The van der Waals surface area contributed by atoms with Crippen LogP contribution in [0.5, 0.6) is 5.75 Å². The van der Waals surface area contributed by atoms with Gasteiger partial charge in [0, 0.05) is 24.6 Å². The van der Waals surface area contributed by atoms with Gasteiger partial charge in [-0.2, -0.15) is 13.2 Å². The fraction of sp³-hybridized carbons (Fsp3) is 0.321. The highest BCUT2D eigenvalue weighted by molar-refractivity contribution is 7.90. The third-order valence-electron chi connectivity index (χ3n) is 5.78. The van der Waals surface area contributed by atoms with Crippen molar-refractivity contribution in [1.29, 1.82) is 0 Å². The number of nitrogens with one attached hydrogen (secondary N) is 1. The molecule has 8 nitrogen and oxygen atoms in total. The normalized spacial score (nSPS) is 12.2. The Bertz CT molecular complexity index is 1600. The van der Waals surface area contributed by atoms with Crippen LogP contribution in [0.3, 0.4) is 0 Å². The second-order valence-corrected chi connectivity index (χ2v) is 12.5. The third-order valence-corrected chi connectivity index (χ3v) is 6.91. The number of pyridine rings is 1. The van der Waals surface area contributed by atoms with E-state index in [1.807, 2.05) is 20.8 Å². The number of sulfone groups is 1. The van der Waals surface area contributed by atoms with Crippen LogP contribution < -0.4 is 15.6 Å². The van der Waals surface area contributed by atoms with Crippen LogP contribution in [-0.2, 0) is 27.4 Å². The lowest BCUT2D eigenvalue weighted by Crippen LogP contribution is -2.34. The summed E-state index contributed by atoms with van der Waals surface area (Å²) in [6, 6.07) is 10.8. The molecular weight excluding hydrogens is 549 g/mol. The Labute approximate surface area is 229 Å². The van der Waals surface area contributed by atoms with Gasteiger partial charge >= 0.3 is 12.1 Å². The number of ether oxygens (including phenoxy) is 1. The number of alkyl halides is 3. The molecule has 0 saturated heterocycles. The molecule has 0 saturated carbocycles. The molecule has 0 bridgehead atoms. The molecule has 0 aliphatic heterocycles. The maximum Gasteiger partial charge on any atom is 0.416 e. The standard InChI is InChI=1S/C28H29F3N2O6S/c1-17-23(39-24(34)15-27(2,3)4)14-22(25(35)32-16-18-9-11-21(12-10-18)40(5,37)38)26(36)33(17)20-8-6-7-19(13-20)28(29,30)31/h6-14H,15-16H2,1-5H3,(H,32,35). The maximum absolute atomic E-state index is 13.4. The first-order valence-corrected chi connectivity index (χ1v) is 14.0. The molecule has 0 aliphatic carbocycles. The lowest BCUT2D eigenvalue weighted by atomic mass is 9.92. The summed E-state index contributed by atoms with van der Waals surface area (Å²) in [5.41, 5.74) is -2.44. The maximum atomic E-state index is 13.4. The minimum absolute atomic E-state index is 0.000129. The summed E-state index contributed by atoms with van der Waals surface area (Å²) in [6.07, 6.45) is -3.63. The molecule has 12 heteroatoms. The Balaban J connectivity index is 2.05. The number of aromatic nitrogens is 1. The lowest BCUT2D eigenvalue weighted by molar-refractivity contribution is -0.138. The fourth-order valence-corrected chi connectivity index (χ4v) is 4.43. The Morgan fingerprint density at radius 1 is 1.00 bits per heavy atom. The van der Waals surface area contributed by atoms with Crippen molar-refractivity contribution >= 4 is 21.7 Å². The minimum Gasteiger partial charge on any atom is -0.425 e. The van der Waals surface area contributed by atoms with Gasteiger partial charge in [0.25, 0.3) is 11.5 Å². The average molecular weight is 579 g/mol. The molecule has 3 rings (SSSR count). The van der Waals surface area contributed by atoms with Crippen molar-refractivity contribution in [3.63, 3.8) is 0 Å². The Morgan fingerprint density at radius 3 is 2.17 bits per heavy atom. The quantitative estimate of drug-likeness (QED) is 0.402. The summed E-state index contributed by atoms with van der Waals surface area (Å²) < 4.78 is 69.9. The van der Waals surface area contributed by atoms with E-state index in [-0.39, 0.29) is 35.0 Å². The molecular formula is C28H29F3N2O6S. The van der Waals surface area contributed by atoms with Gasteiger partial charge in [0.05, 0.1) is 22.6 Å². The number of rotatable bonds is 7. The van der Waals surface area contributed by atoms with E-state index < -0.39 is 50.0 Å². The molecule has 0 spiro atoms. The van der Waals surface area contributed by atoms with E-state index in [0.717, 1.165) is 35.1 Å². The van der Waals surface area contributed by atoms with Crippen LogP contribution in [-0.4, -0.2) is 31.1 Å². The van der Waals surface area contributed by atoms with Gasteiger partial charge in [-0.15, -0.1) is 0 Å². The minimum atomic E-state index is -4.68. The molecule has 1 aromatic heterocycles. The number of carbonyl (C=O) groups is 2. The zero-order chi connectivity index (χ0) is 30.0. The SMILES string of the molecule is Cc1c(OC(=O)CC(C)(C)C)cc(C(=O)NCc2ccc(S(C)(=O)=O)cc2)c(=O)n1-c1cccc(C(F)(F)F)c1. The van der Waals surface area contributed by atoms with Crippen molar-refractivity contribution in [2.75, 3.05) is 6.26 Å². The molecule has 0 aliphatic rings. The molecule has 0 radical (unpaired) electrons. The highest BCUT2D eigenvalue weighted by atomic mass is 32.2. The van der Waals surface area contributed by atoms with Crippen molar-refractivity contribution in [2.45, 2.75) is 51.7 Å². The highest BCUT2D eigenvalue weighted by Crippen LogP contribution is 2.31. The predicted octanol–water partition coefficient (Wildman–Crippen LogP) is 4.84. The van der Waals surface area contributed by atoms with Gasteiger partial charge in [-0.25, -0.2) is 8.42 Å². The second-order valence-electron chi connectivity index (χ2n) is 10.5. The molecule has 1 amide bonds. The summed E-state index contributed by atoms with van der Waals surface area (Å²) >= 11 is 0. The molecule has 214 valence electrons. The zero-order valence-electron chi connectivity index (χ0n) is 22.5. The first-order chi connectivity index (χ1) is 18.4.